The van der Waals surface area contributed by atoms with Crippen LogP contribution >= 0.6 is 11.6 Å². The number of hydrogen-bond donors (Lipinski definition) is 0. The molecule has 1 aromatic rings. The van der Waals surface area contributed by atoms with Crippen molar-refractivity contribution in [2.75, 3.05) is 7.11 Å². The lowest BCUT2D eigenvalue weighted by molar-refractivity contribution is -0.426. The average Bonchev–Trinajstić information content (AvgIpc) is 2.72. The molecular weight excluding hydrogens is 294 g/mol. The molecule has 108 valence electrons. The molecular formula is C15H12ClNO4. The van der Waals surface area contributed by atoms with Crippen LogP contribution in [0.5, 0.6) is 0 Å². The second-order valence-corrected chi connectivity index (χ2v) is 4.74. The van der Waals surface area contributed by atoms with Crippen LogP contribution in [0.3, 0.4) is 0 Å². The first-order valence-electron chi connectivity index (χ1n) is 6.13. The normalized spacial score (nSPS) is 14.0. The van der Waals surface area contributed by atoms with Crippen molar-refractivity contribution in [1.82, 2.24) is 0 Å². The molecule has 21 heavy (non-hydrogen) atoms. The lowest BCUT2D eigenvalue weighted by atomic mass is 10.0. The van der Waals surface area contributed by atoms with Gasteiger partial charge in [0, 0.05) is 6.08 Å². The third-order valence-corrected chi connectivity index (χ3v) is 3.33. The fourth-order valence-electron chi connectivity index (χ4n) is 1.91. The van der Waals surface area contributed by atoms with Crippen LogP contribution in [0.15, 0.2) is 48.2 Å². The summed E-state index contributed by atoms with van der Waals surface area (Å²) < 4.78 is 4.63. The minimum absolute atomic E-state index is 0.124. The largest absolute Gasteiger partial charge is 0.465 e. The Labute approximate surface area is 126 Å². The summed E-state index contributed by atoms with van der Waals surface area (Å²) in [5, 5.41) is 11.0. The molecule has 0 unspecified atom stereocenters. The highest BCUT2D eigenvalue weighted by Gasteiger charge is 2.13. The van der Waals surface area contributed by atoms with Gasteiger partial charge in [-0.2, -0.15) is 0 Å². The van der Waals surface area contributed by atoms with Crippen LogP contribution in [0.4, 0.5) is 0 Å². The van der Waals surface area contributed by atoms with E-state index in [0.29, 0.717) is 0 Å². The van der Waals surface area contributed by atoms with Crippen molar-refractivity contribution in [1.29, 1.82) is 0 Å². The Balaban J connectivity index is 2.37. The van der Waals surface area contributed by atoms with E-state index in [1.807, 2.05) is 0 Å². The van der Waals surface area contributed by atoms with Crippen LogP contribution in [0.1, 0.15) is 22.3 Å². The Morgan fingerprint density at radius 1 is 1.38 bits per heavy atom. The first-order valence-corrected chi connectivity index (χ1v) is 6.50. The van der Waals surface area contributed by atoms with Crippen LogP contribution in [0, 0.1) is 10.1 Å². The molecule has 0 bridgehead atoms. The summed E-state index contributed by atoms with van der Waals surface area (Å²) in [6, 6.07) is 4.93. The zero-order valence-electron chi connectivity index (χ0n) is 11.2. The number of nitrogens with zero attached hydrogens (tertiary/aromatic N) is 1. The number of hydrogen-bond acceptors (Lipinski definition) is 4. The van der Waals surface area contributed by atoms with Gasteiger partial charge in [0.2, 0.25) is 5.70 Å². The van der Waals surface area contributed by atoms with Gasteiger partial charge in [-0.15, -0.1) is 0 Å². The highest BCUT2D eigenvalue weighted by Crippen LogP contribution is 2.26. The maximum atomic E-state index is 11.5. The molecule has 1 aliphatic rings. The van der Waals surface area contributed by atoms with Gasteiger partial charge in [0.15, 0.2) is 0 Å². The van der Waals surface area contributed by atoms with E-state index in [0.717, 1.165) is 11.1 Å². The summed E-state index contributed by atoms with van der Waals surface area (Å²) in [5.41, 5.74) is 1.95. The summed E-state index contributed by atoms with van der Waals surface area (Å²) in [4.78, 5) is 21.8. The van der Waals surface area contributed by atoms with Crippen molar-refractivity contribution in [2.24, 2.45) is 0 Å². The maximum Gasteiger partial charge on any atom is 0.339 e. The van der Waals surface area contributed by atoms with Crippen molar-refractivity contribution in [3.8, 4) is 0 Å². The lowest BCUT2D eigenvalue weighted by Crippen LogP contribution is -2.02. The molecule has 0 aromatic heterocycles. The number of esters is 1. The Bertz CT molecular complexity index is 689. The highest BCUT2D eigenvalue weighted by atomic mass is 35.5. The lowest BCUT2D eigenvalue weighted by Gasteiger charge is -2.06. The van der Waals surface area contributed by atoms with Crippen LogP contribution in [-0.4, -0.2) is 18.0 Å². The van der Waals surface area contributed by atoms with Crippen LogP contribution in [0.2, 0.25) is 5.02 Å². The van der Waals surface area contributed by atoms with Gasteiger partial charge in [0.25, 0.3) is 0 Å². The van der Waals surface area contributed by atoms with E-state index in [4.69, 9.17) is 11.6 Å². The zero-order valence-corrected chi connectivity index (χ0v) is 12.0. The summed E-state index contributed by atoms with van der Waals surface area (Å²) in [7, 11) is 1.28. The van der Waals surface area contributed by atoms with Crippen molar-refractivity contribution in [2.45, 2.75) is 6.42 Å². The predicted octanol–water partition coefficient (Wildman–Crippen LogP) is 3.63. The summed E-state index contributed by atoms with van der Waals surface area (Å²) in [6.07, 6.45) is 6.90. The Kier molecular flexibility index (Phi) is 4.55. The van der Waals surface area contributed by atoms with Gasteiger partial charge < -0.3 is 4.74 Å². The summed E-state index contributed by atoms with van der Waals surface area (Å²) in [6.45, 7) is 0. The second-order valence-electron chi connectivity index (χ2n) is 4.33. The molecule has 1 aliphatic carbocycles. The van der Waals surface area contributed by atoms with Crippen molar-refractivity contribution in [3.63, 3.8) is 0 Å². The van der Waals surface area contributed by atoms with Crippen LogP contribution in [-0.2, 0) is 4.74 Å². The number of carbonyl (C=O) groups is 1. The number of carbonyl (C=O) groups excluding carboxylic acids is 1. The number of ether oxygens (including phenoxy) is 1. The fourth-order valence-corrected chi connectivity index (χ4v) is 2.17. The van der Waals surface area contributed by atoms with Crippen molar-refractivity contribution >= 4 is 23.1 Å². The highest BCUT2D eigenvalue weighted by molar-refractivity contribution is 6.33. The van der Waals surface area contributed by atoms with E-state index < -0.39 is 10.9 Å². The number of rotatable bonds is 3. The van der Waals surface area contributed by atoms with Gasteiger partial charge in [0.05, 0.1) is 29.0 Å². The van der Waals surface area contributed by atoms with Crippen molar-refractivity contribution < 1.29 is 14.5 Å². The van der Waals surface area contributed by atoms with Gasteiger partial charge in [-0.1, -0.05) is 29.8 Å². The number of nitro groups is 1. The third-order valence-electron chi connectivity index (χ3n) is 3.02. The molecule has 0 radical (unpaired) electrons. The molecule has 6 heteroatoms. The first kappa shape index (κ1) is 15.0. The van der Waals surface area contributed by atoms with E-state index in [2.05, 4.69) is 4.74 Å². The van der Waals surface area contributed by atoms with Gasteiger partial charge in [0.1, 0.15) is 0 Å². The Morgan fingerprint density at radius 2 is 2.14 bits per heavy atom. The third kappa shape index (κ3) is 3.38. The predicted molar refractivity (Wildman–Crippen MR) is 79.6 cm³/mol. The molecule has 0 saturated heterocycles. The molecule has 1 aromatic carbocycles. The van der Waals surface area contributed by atoms with Gasteiger partial charge in [-0.3, -0.25) is 10.1 Å². The molecule has 0 N–H and O–H groups in total. The number of benzene rings is 1. The van der Waals surface area contributed by atoms with Gasteiger partial charge in [-0.05, 0) is 29.3 Å². The molecule has 0 aliphatic heterocycles. The van der Waals surface area contributed by atoms with E-state index >= 15 is 0 Å². The second kappa shape index (κ2) is 6.37. The van der Waals surface area contributed by atoms with Crippen LogP contribution < -0.4 is 0 Å². The van der Waals surface area contributed by atoms with Crippen LogP contribution in [0.25, 0.3) is 5.57 Å². The number of methoxy groups -OCH3 is 1. The minimum atomic E-state index is -0.507. The SMILES string of the molecule is COC(=O)c1ccc(C2=CC=C([N+](=O)[O-])CC=C2)cc1Cl. The average molecular weight is 306 g/mol. The number of allylic oxidation sites excluding steroid dienone is 5. The Morgan fingerprint density at radius 3 is 2.76 bits per heavy atom. The van der Waals surface area contributed by atoms with E-state index in [1.54, 1.807) is 36.4 Å². The van der Waals surface area contributed by atoms with E-state index in [1.165, 1.54) is 13.2 Å². The minimum Gasteiger partial charge on any atom is -0.465 e. The van der Waals surface area contributed by atoms with E-state index in [9.17, 15) is 14.9 Å². The standard InChI is InChI=1S/C15H12ClNO4/c1-21-15(18)13-8-6-11(9-14(13)16)10-3-2-4-12(7-5-10)17(19)20/h2-3,5-9H,4H2,1H3. The molecule has 0 heterocycles. The smallest absolute Gasteiger partial charge is 0.339 e. The molecule has 2 rings (SSSR count). The molecule has 5 nitrogen and oxygen atoms in total. The Hall–Kier alpha value is -2.40. The first-order chi connectivity index (χ1) is 10.0. The molecule has 0 atom stereocenters. The van der Waals surface area contributed by atoms with Gasteiger partial charge in [-0.25, -0.2) is 4.79 Å². The number of halogens is 1. The molecule has 0 fully saturated rings. The monoisotopic (exact) mass is 305 g/mol. The molecule has 0 amide bonds. The van der Waals surface area contributed by atoms with E-state index in [-0.39, 0.29) is 22.7 Å². The fraction of sp³-hybridized carbons (Fsp3) is 0.133. The van der Waals surface area contributed by atoms with Crippen molar-refractivity contribution in [3.05, 3.63) is 74.5 Å². The quantitative estimate of drug-likeness (QED) is 0.486. The van der Waals surface area contributed by atoms with Gasteiger partial charge >= 0.3 is 5.97 Å². The maximum absolute atomic E-state index is 11.5. The summed E-state index contributed by atoms with van der Waals surface area (Å²) in [5.74, 6) is -0.507. The molecule has 0 spiro atoms. The summed E-state index contributed by atoms with van der Waals surface area (Å²) >= 11 is 6.07. The zero-order chi connectivity index (χ0) is 15.4. The molecule has 0 saturated carbocycles. The topological polar surface area (TPSA) is 69.4 Å².